The molecule has 1 aliphatic rings. The Morgan fingerprint density at radius 1 is 1.15 bits per heavy atom. The lowest BCUT2D eigenvalue weighted by Gasteiger charge is -2.31. The zero-order valence-electron chi connectivity index (χ0n) is 14.9. The van der Waals surface area contributed by atoms with Gasteiger partial charge in [0, 0.05) is 24.3 Å². The second kappa shape index (κ2) is 8.43. The van der Waals surface area contributed by atoms with Crippen LogP contribution in [0.4, 0.5) is 18.9 Å². The highest BCUT2D eigenvalue weighted by Crippen LogP contribution is 2.32. The molecular formula is C20H20F3NO3. The molecule has 1 saturated heterocycles. The van der Waals surface area contributed by atoms with Crippen LogP contribution in [0.3, 0.4) is 0 Å². The third-order valence-corrected chi connectivity index (χ3v) is 4.44. The third kappa shape index (κ3) is 4.60. The van der Waals surface area contributed by atoms with E-state index in [0.717, 1.165) is 18.2 Å². The molecule has 0 aliphatic carbocycles. The lowest BCUT2D eigenvalue weighted by atomic mass is 10.1. The summed E-state index contributed by atoms with van der Waals surface area (Å²) in [6, 6.07) is 7.54. The lowest BCUT2D eigenvalue weighted by molar-refractivity contribution is -0.147. The van der Waals surface area contributed by atoms with Gasteiger partial charge in [-0.15, -0.1) is 0 Å². The van der Waals surface area contributed by atoms with Crippen LogP contribution in [0.1, 0.15) is 24.2 Å². The van der Waals surface area contributed by atoms with Crippen molar-refractivity contribution >= 4 is 11.7 Å². The van der Waals surface area contributed by atoms with Crippen LogP contribution < -0.4 is 4.90 Å². The molecule has 0 aromatic heterocycles. The van der Waals surface area contributed by atoms with Crippen molar-refractivity contribution < 1.29 is 27.4 Å². The highest BCUT2D eigenvalue weighted by Gasteiger charge is 2.24. The van der Waals surface area contributed by atoms with Crippen LogP contribution in [0, 0.1) is 17.5 Å². The first-order valence-corrected chi connectivity index (χ1v) is 8.70. The number of benzene rings is 2. The fourth-order valence-electron chi connectivity index (χ4n) is 3.14. The van der Waals surface area contributed by atoms with Gasteiger partial charge in [-0.1, -0.05) is 6.07 Å². The zero-order valence-corrected chi connectivity index (χ0v) is 14.9. The average Bonchev–Trinajstić information content (AvgIpc) is 2.65. The van der Waals surface area contributed by atoms with Crippen LogP contribution in [0.15, 0.2) is 36.4 Å². The standard InChI is InChI=1S/C20H20F3NO3/c1-13(27-19(25)12-14-11-15(21)5-6-16(14)22)20-17(23)3-2-4-18(20)24-7-9-26-10-8-24/h2-6,11,13H,7-10,12H2,1H3/t13-/m1/s1. The number of ether oxygens (including phenoxy) is 2. The number of carbonyl (C=O) groups is 1. The Labute approximate surface area is 155 Å². The number of morpholine rings is 1. The number of rotatable bonds is 5. The Morgan fingerprint density at radius 3 is 2.63 bits per heavy atom. The molecule has 2 aromatic rings. The van der Waals surface area contributed by atoms with Gasteiger partial charge in [-0.25, -0.2) is 13.2 Å². The van der Waals surface area contributed by atoms with E-state index in [2.05, 4.69) is 0 Å². The number of carbonyl (C=O) groups excluding carboxylic acids is 1. The maximum atomic E-state index is 14.5. The van der Waals surface area contributed by atoms with Crippen LogP contribution in [0.5, 0.6) is 0 Å². The Bertz CT molecular complexity index is 822. The summed E-state index contributed by atoms with van der Waals surface area (Å²) in [5.41, 5.74) is 0.789. The molecule has 4 nitrogen and oxygen atoms in total. The van der Waals surface area contributed by atoms with Crippen molar-refractivity contribution in [3.63, 3.8) is 0 Å². The van der Waals surface area contributed by atoms with E-state index in [4.69, 9.17) is 9.47 Å². The maximum Gasteiger partial charge on any atom is 0.310 e. The van der Waals surface area contributed by atoms with Crippen molar-refractivity contribution in [1.82, 2.24) is 0 Å². The molecule has 0 N–H and O–H groups in total. The highest BCUT2D eigenvalue weighted by atomic mass is 19.1. The van der Waals surface area contributed by atoms with Crippen molar-refractivity contribution in [3.8, 4) is 0 Å². The summed E-state index contributed by atoms with van der Waals surface area (Å²) in [5.74, 6) is -2.59. The molecule has 27 heavy (non-hydrogen) atoms. The van der Waals surface area contributed by atoms with Crippen molar-refractivity contribution in [2.24, 2.45) is 0 Å². The Morgan fingerprint density at radius 2 is 1.89 bits per heavy atom. The number of esters is 1. The first-order valence-electron chi connectivity index (χ1n) is 8.70. The summed E-state index contributed by atoms with van der Waals surface area (Å²) < 4.78 is 52.1. The first kappa shape index (κ1) is 19.2. The molecule has 0 bridgehead atoms. The van der Waals surface area contributed by atoms with Crippen LogP contribution in [-0.4, -0.2) is 32.3 Å². The van der Waals surface area contributed by atoms with Crippen molar-refractivity contribution in [2.45, 2.75) is 19.4 Å². The van der Waals surface area contributed by atoms with E-state index >= 15 is 0 Å². The van der Waals surface area contributed by atoms with Crippen LogP contribution in [0.2, 0.25) is 0 Å². The second-order valence-corrected chi connectivity index (χ2v) is 6.32. The van der Waals surface area contributed by atoms with E-state index in [1.54, 1.807) is 19.1 Å². The quantitative estimate of drug-likeness (QED) is 0.741. The summed E-state index contributed by atoms with van der Waals surface area (Å²) >= 11 is 0. The van der Waals surface area contributed by atoms with E-state index in [9.17, 15) is 18.0 Å². The highest BCUT2D eigenvalue weighted by molar-refractivity contribution is 5.73. The summed E-state index contributed by atoms with van der Waals surface area (Å²) in [5, 5.41) is 0. The average molecular weight is 379 g/mol. The van der Waals surface area contributed by atoms with Gasteiger partial charge in [-0.3, -0.25) is 4.79 Å². The van der Waals surface area contributed by atoms with E-state index in [1.165, 1.54) is 6.07 Å². The topological polar surface area (TPSA) is 38.8 Å². The molecule has 1 heterocycles. The number of hydrogen-bond donors (Lipinski definition) is 0. The molecule has 0 spiro atoms. The summed E-state index contributed by atoms with van der Waals surface area (Å²) in [4.78, 5) is 14.2. The molecule has 3 rings (SSSR count). The molecule has 2 aromatic carbocycles. The molecule has 144 valence electrons. The normalized spacial score (nSPS) is 15.5. The Hall–Kier alpha value is -2.54. The van der Waals surface area contributed by atoms with Gasteiger partial charge in [0.2, 0.25) is 0 Å². The Kier molecular flexibility index (Phi) is 6.01. The monoisotopic (exact) mass is 379 g/mol. The summed E-state index contributed by atoms with van der Waals surface area (Å²) in [6.07, 6.45) is -1.32. The number of anilines is 1. The lowest BCUT2D eigenvalue weighted by Crippen LogP contribution is -2.37. The zero-order chi connectivity index (χ0) is 19.4. The van der Waals surface area contributed by atoms with Crippen molar-refractivity contribution in [3.05, 3.63) is 65.0 Å². The summed E-state index contributed by atoms with van der Waals surface area (Å²) in [7, 11) is 0. The fraction of sp³-hybridized carbons (Fsp3) is 0.350. The minimum absolute atomic E-state index is 0.103. The number of hydrogen-bond acceptors (Lipinski definition) is 4. The van der Waals surface area contributed by atoms with Gasteiger partial charge < -0.3 is 14.4 Å². The molecule has 0 saturated carbocycles. The minimum Gasteiger partial charge on any atom is -0.457 e. The SMILES string of the molecule is C[C@@H](OC(=O)Cc1cc(F)ccc1F)c1c(F)cccc1N1CCOCC1. The predicted octanol–water partition coefficient (Wildman–Crippen LogP) is 3.79. The van der Waals surface area contributed by atoms with Crippen LogP contribution >= 0.6 is 0 Å². The third-order valence-electron chi connectivity index (χ3n) is 4.44. The molecule has 7 heteroatoms. The summed E-state index contributed by atoms with van der Waals surface area (Å²) in [6.45, 7) is 3.82. The van der Waals surface area contributed by atoms with Crippen LogP contribution in [0.25, 0.3) is 0 Å². The Balaban J connectivity index is 1.76. The molecule has 1 fully saturated rings. The number of halogens is 3. The van der Waals surface area contributed by atoms with E-state index in [1.807, 2.05) is 4.90 Å². The molecular weight excluding hydrogens is 359 g/mol. The molecule has 1 aliphatic heterocycles. The van der Waals surface area contributed by atoms with Gasteiger partial charge >= 0.3 is 5.97 Å². The van der Waals surface area contributed by atoms with Gasteiger partial charge in [0.25, 0.3) is 0 Å². The number of nitrogens with zero attached hydrogens (tertiary/aromatic N) is 1. The fourth-order valence-corrected chi connectivity index (χ4v) is 3.14. The second-order valence-electron chi connectivity index (χ2n) is 6.32. The predicted molar refractivity (Wildman–Crippen MR) is 94.0 cm³/mol. The van der Waals surface area contributed by atoms with Gasteiger partial charge in [0.15, 0.2) is 0 Å². The molecule has 1 atom stereocenters. The van der Waals surface area contributed by atoms with Gasteiger partial charge in [0.1, 0.15) is 23.6 Å². The van der Waals surface area contributed by atoms with E-state index < -0.39 is 35.9 Å². The molecule has 0 amide bonds. The molecule has 0 unspecified atom stereocenters. The van der Waals surface area contributed by atoms with Crippen molar-refractivity contribution in [2.75, 3.05) is 31.2 Å². The largest absolute Gasteiger partial charge is 0.457 e. The first-order chi connectivity index (χ1) is 13.0. The van der Waals surface area contributed by atoms with Gasteiger partial charge in [-0.2, -0.15) is 0 Å². The van der Waals surface area contributed by atoms with Crippen LogP contribution in [-0.2, 0) is 20.7 Å². The smallest absolute Gasteiger partial charge is 0.310 e. The van der Waals surface area contributed by atoms with E-state index in [-0.39, 0.29) is 11.1 Å². The minimum atomic E-state index is -0.881. The molecule has 0 radical (unpaired) electrons. The van der Waals surface area contributed by atoms with Gasteiger partial charge in [0.05, 0.1) is 25.2 Å². The van der Waals surface area contributed by atoms with Crippen molar-refractivity contribution in [1.29, 1.82) is 0 Å². The maximum absolute atomic E-state index is 14.5. The van der Waals surface area contributed by atoms with Gasteiger partial charge in [-0.05, 0) is 37.3 Å². The van der Waals surface area contributed by atoms with E-state index in [0.29, 0.717) is 32.0 Å².